The standard InChI is InChI=1S/C18H36N6O9S3/c1-4-7-34(28,29)19-10-16(25)22-13-23(17(26)11-20-35(30,31)8-5-2)15-24(14-22)18(27)12-21-36(32,33)9-6-3/h19-21H,4-15H2,1-3H3. The molecule has 0 radical (unpaired) electrons. The highest BCUT2D eigenvalue weighted by atomic mass is 32.2. The van der Waals surface area contributed by atoms with Crippen LogP contribution >= 0.6 is 0 Å². The van der Waals surface area contributed by atoms with Crippen molar-refractivity contribution in [3.8, 4) is 0 Å². The molecule has 3 N–H and O–H groups in total. The maximum Gasteiger partial charge on any atom is 0.240 e. The summed E-state index contributed by atoms with van der Waals surface area (Å²) in [4.78, 5) is 41.2. The normalized spacial score (nSPS) is 15.2. The van der Waals surface area contributed by atoms with Crippen LogP contribution in [0.15, 0.2) is 0 Å². The number of carbonyl (C=O) groups is 3. The van der Waals surface area contributed by atoms with Crippen LogP contribution < -0.4 is 14.2 Å². The SMILES string of the molecule is CCCS(=O)(=O)NCC(=O)N1CN(C(=O)CNS(=O)(=O)CCC)CN(C(=O)CNS(=O)(=O)CCC)C1. The van der Waals surface area contributed by atoms with E-state index in [-0.39, 0.29) is 37.3 Å². The van der Waals surface area contributed by atoms with Gasteiger partial charge in [-0.15, -0.1) is 0 Å². The predicted octanol–water partition coefficient (Wildman–Crippen LogP) is -2.65. The summed E-state index contributed by atoms with van der Waals surface area (Å²) in [6, 6.07) is 0. The molecule has 210 valence electrons. The molecule has 0 bridgehead atoms. The fraction of sp³-hybridized carbons (Fsp3) is 0.833. The van der Waals surface area contributed by atoms with E-state index in [1.165, 1.54) is 0 Å². The van der Waals surface area contributed by atoms with Gasteiger partial charge in [-0.25, -0.2) is 39.4 Å². The minimum absolute atomic E-state index is 0.189. The third-order valence-electron chi connectivity index (χ3n) is 4.83. The van der Waals surface area contributed by atoms with E-state index in [0.29, 0.717) is 19.3 Å². The summed E-state index contributed by atoms with van der Waals surface area (Å²) in [5.41, 5.74) is 0. The van der Waals surface area contributed by atoms with Gasteiger partial charge in [0, 0.05) is 0 Å². The van der Waals surface area contributed by atoms with E-state index in [4.69, 9.17) is 0 Å². The number of nitrogens with zero attached hydrogens (tertiary/aromatic N) is 3. The Kier molecular flexibility index (Phi) is 12.7. The molecule has 1 heterocycles. The molecule has 36 heavy (non-hydrogen) atoms. The lowest BCUT2D eigenvalue weighted by atomic mass is 10.4. The summed E-state index contributed by atoms with van der Waals surface area (Å²) in [6.45, 7) is 2.15. The molecule has 1 aliphatic rings. The van der Waals surface area contributed by atoms with E-state index in [9.17, 15) is 39.6 Å². The third kappa shape index (κ3) is 11.5. The quantitative estimate of drug-likeness (QED) is 0.186. The van der Waals surface area contributed by atoms with Crippen LogP contribution in [-0.4, -0.2) is 115 Å². The van der Waals surface area contributed by atoms with E-state index < -0.39 is 67.4 Å². The van der Waals surface area contributed by atoms with Crippen LogP contribution in [0, 0.1) is 0 Å². The molecular formula is C18H36N6O9S3. The predicted molar refractivity (Wildman–Crippen MR) is 131 cm³/mol. The second-order valence-electron chi connectivity index (χ2n) is 8.14. The van der Waals surface area contributed by atoms with Gasteiger partial charge < -0.3 is 14.7 Å². The number of nitrogens with one attached hydrogen (secondary N) is 3. The minimum Gasteiger partial charge on any atom is -0.306 e. The molecule has 0 spiro atoms. The lowest BCUT2D eigenvalue weighted by Gasteiger charge is -2.42. The van der Waals surface area contributed by atoms with Gasteiger partial charge in [0.1, 0.15) is 0 Å². The highest BCUT2D eigenvalue weighted by Crippen LogP contribution is 2.09. The zero-order chi connectivity index (χ0) is 27.6. The second-order valence-corrected chi connectivity index (χ2v) is 13.9. The molecule has 1 rings (SSSR count). The van der Waals surface area contributed by atoms with Gasteiger partial charge in [-0.05, 0) is 19.3 Å². The summed E-state index contributed by atoms with van der Waals surface area (Å²) in [5, 5.41) is 0. The van der Waals surface area contributed by atoms with Crippen LogP contribution in [0.1, 0.15) is 40.0 Å². The van der Waals surface area contributed by atoms with Gasteiger partial charge in [0.05, 0.1) is 56.9 Å². The summed E-state index contributed by atoms with van der Waals surface area (Å²) >= 11 is 0. The van der Waals surface area contributed by atoms with Gasteiger partial charge in [-0.3, -0.25) is 14.4 Å². The summed E-state index contributed by atoms with van der Waals surface area (Å²) < 4.78 is 77.8. The molecule has 0 aromatic carbocycles. The molecule has 0 aliphatic carbocycles. The van der Waals surface area contributed by atoms with E-state index >= 15 is 0 Å². The topological polar surface area (TPSA) is 199 Å². The molecule has 0 atom stereocenters. The lowest BCUT2D eigenvalue weighted by molar-refractivity contribution is -0.157. The Morgan fingerprint density at radius 3 is 0.944 bits per heavy atom. The molecule has 18 heteroatoms. The molecule has 15 nitrogen and oxygen atoms in total. The first kappa shape index (κ1) is 32.2. The van der Waals surface area contributed by atoms with Gasteiger partial charge in [-0.2, -0.15) is 0 Å². The smallest absolute Gasteiger partial charge is 0.240 e. The van der Waals surface area contributed by atoms with Crippen LogP contribution in [-0.2, 0) is 44.5 Å². The van der Waals surface area contributed by atoms with Crippen molar-refractivity contribution in [3.05, 3.63) is 0 Å². The summed E-state index contributed by atoms with van der Waals surface area (Å²) in [5.74, 6) is -2.77. The van der Waals surface area contributed by atoms with Gasteiger partial charge in [0.15, 0.2) is 0 Å². The molecule has 1 fully saturated rings. The van der Waals surface area contributed by atoms with Crippen molar-refractivity contribution in [2.24, 2.45) is 0 Å². The zero-order valence-electron chi connectivity index (χ0n) is 20.7. The number of amides is 3. The molecule has 3 amide bonds. The van der Waals surface area contributed by atoms with Crippen molar-refractivity contribution in [1.82, 2.24) is 28.9 Å². The van der Waals surface area contributed by atoms with Gasteiger partial charge in [-0.1, -0.05) is 20.8 Å². The van der Waals surface area contributed by atoms with Crippen molar-refractivity contribution in [2.75, 3.05) is 56.9 Å². The van der Waals surface area contributed by atoms with E-state index in [1.807, 2.05) is 0 Å². The Morgan fingerprint density at radius 2 is 0.750 bits per heavy atom. The first-order valence-electron chi connectivity index (χ1n) is 11.4. The van der Waals surface area contributed by atoms with Crippen molar-refractivity contribution in [3.63, 3.8) is 0 Å². The van der Waals surface area contributed by atoms with Crippen molar-refractivity contribution in [2.45, 2.75) is 40.0 Å². The van der Waals surface area contributed by atoms with Gasteiger partial charge in [0.2, 0.25) is 47.8 Å². The fourth-order valence-corrected chi connectivity index (χ4v) is 6.17. The van der Waals surface area contributed by atoms with E-state index in [1.54, 1.807) is 20.8 Å². The Morgan fingerprint density at radius 1 is 0.528 bits per heavy atom. The Hall–Kier alpha value is -1.86. The largest absolute Gasteiger partial charge is 0.306 e. The number of carbonyl (C=O) groups excluding carboxylic acids is 3. The second kappa shape index (κ2) is 14.2. The molecule has 1 aliphatic heterocycles. The number of sulfonamides is 3. The van der Waals surface area contributed by atoms with Crippen LogP contribution in [0.3, 0.4) is 0 Å². The minimum atomic E-state index is -3.70. The molecule has 0 saturated carbocycles. The molecule has 1 saturated heterocycles. The van der Waals surface area contributed by atoms with E-state index in [2.05, 4.69) is 14.2 Å². The maximum atomic E-state index is 12.7. The molecular weight excluding hydrogens is 540 g/mol. The highest BCUT2D eigenvalue weighted by Gasteiger charge is 2.32. The Bertz CT molecular complexity index is 949. The Balaban J connectivity index is 2.99. The fourth-order valence-electron chi connectivity index (χ4n) is 3.10. The van der Waals surface area contributed by atoms with Crippen molar-refractivity contribution < 1.29 is 39.6 Å². The van der Waals surface area contributed by atoms with Crippen LogP contribution in [0.4, 0.5) is 0 Å². The average molecular weight is 577 g/mol. The van der Waals surface area contributed by atoms with Gasteiger partial charge in [0.25, 0.3) is 0 Å². The monoisotopic (exact) mass is 576 g/mol. The summed E-state index contributed by atoms with van der Waals surface area (Å²) in [7, 11) is -11.1. The van der Waals surface area contributed by atoms with Crippen molar-refractivity contribution >= 4 is 47.8 Å². The average Bonchev–Trinajstić information content (AvgIpc) is 2.79. The molecule has 0 unspecified atom stereocenters. The lowest BCUT2D eigenvalue weighted by Crippen LogP contribution is -2.62. The first-order chi connectivity index (χ1) is 16.6. The van der Waals surface area contributed by atoms with Crippen LogP contribution in [0.2, 0.25) is 0 Å². The third-order valence-corrected chi connectivity index (χ3v) is 9.42. The van der Waals surface area contributed by atoms with Gasteiger partial charge >= 0.3 is 0 Å². The maximum absolute atomic E-state index is 12.7. The Labute approximate surface area is 213 Å². The number of hydrogen-bond acceptors (Lipinski definition) is 9. The number of hydrogen-bond donors (Lipinski definition) is 3. The highest BCUT2D eigenvalue weighted by molar-refractivity contribution is 7.90. The molecule has 0 aromatic rings. The van der Waals surface area contributed by atoms with Crippen molar-refractivity contribution in [1.29, 1.82) is 0 Å². The molecule has 0 aromatic heterocycles. The zero-order valence-corrected chi connectivity index (χ0v) is 23.2. The summed E-state index contributed by atoms with van der Waals surface area (Å²) in [6.07, 6.45) is 0.999. The van der Waals surface area contributed by atoms with Crippen LogP contribution in [0.5, 0.6) is 0 Å². The first-order valence-corrected chi connectivity index (χ1v) is 16.4. The van der Waals surface area contributed by atoms with E-state index in [0.717, 1.165) is 14.7 Å². The number of rotatable bonds is 15. The van der Waals surface area contributed by atoms with Crippen LogP contribution in [0.25, 0.3) is 0 Å².